The van der Waals surface area contributed by atoms with Gasteiger partial charge in [0.05, 0.1) is 4.90 Å². The molecule has 4 heteroatoms. The van der Waals surface area contributed by atoms with Gasteiger partial charge >= 0.3 is 0 Å². The molecule has 1 heterocycles. The van der Waals surface area contributed by atoms with Crippen molar-refractivity contribution in [1.29, 1.82) is 0 Å². The summed E-state index contributed by atoms with van der Waals surface area (Å²) in [5, 5.41) is 0. The Morgan fingerprint density at radius 1 is 1.10 bits per heavy atom. The molecule has 1 aliphatic rings. The van der Waals surface area contributed by atoms with Gasteiger partial charge in [-0.25, -0.2) is 8.42 Å². The first-order valence-electron chi connectivity index (χ1n) is 7.35. The fourth-order valence-electron chi connectivity index (χ4n) is 2.69. The van der Waals surface area contributed by atoms with Gasteiger partial charge in [-0.1, -0.05) is 39.3 Å². The molecule has 0 spiro atoms. The first-order chi connectivity index (χ1) is 9.23. The molecule has 0 aromatic heterocycles. The Kier molecular flexibility index (Phi) is 4.26. The highest BCUT2D eigenvalue weighted by Gasteiger charge is 2.31. The van der Waals surface area contributed by atoms with Crippen LogP contribution in [0.3, 0.4) is 0 Å². The van der Waals surface area contributed by atoms with E-state index in [9.17, 15) is 8.42 Å². The summed E-state index contributed by atoms with van der Waals surface area (Å²) in [6.45, 7) is 9.03. The first kappa shape index (κ1) is 15.5. The smallest absolute Gasteiger partial charge is 0.207 e. The fraction of sp³-hybridized carbons (Fsp3) is 0.625. The van der Waals surface area contributed by atoms with Crippen molar-refractivity contribution in [3.05, 3.63) is 29.8 Å². The topological polar surface area (TPSA) is 37.4 Å². The van der Waals surface area contributed by atoms with Crippen LogP contribution in [0.15, 0.2) is 29.2 Å². The van der Waals surface area contributed by atoms with E-state index >= 15 is 0 Å². The van der Waals surface area contributed by atoms with Gasteiger partial charge in [0.15, 0.2) is 0 Å². The van der Waals surface area contributed by atoms with Gasteiger partial charge in [0.25, 0.3) is 0 Å². The molecular weight excluding hydrogens is 270 g/mol. The number of nitrogens with zero attached hydrogens (tertiary/aromatic N) is 1. The predicted molar refractivity (Wildman–Crippen MR) is 82.3 cm³/mol. The maximum Gasteiger partial charge on any atom is 0.243 e. The molecule has 1 fully saturated rings. The van der Waals surface area contributed by atoms with Crippen molar-refractivity contribution in [2.24, 2.45) is 0 Å². The Bertz CT molecular complexity index is 555. The molecule has 0 saturated carbocycles. The lowest BCUT2D eigenvalue weighted by molar-refractivity contribution is 0.268. The molecule has 0 bridgehead atoms. The van der Waals surface area contributed by atoms with Crippen molar-refractivity contribution in [2.75, 3.05) is 6.54 Å². The van der Waals surface area contributed by atoms with Crippen LogP contribution in [0.25, 0.3) is 0 Å². The van der Waals surface area contributed by atoms with Crippen molar-refractivity contribution in [3.8, 4) is 0 Å². The Labute approximate surface area is 123 Å². The Hall–Kier alpha value is -0.870. The molecule has 0 unspecified atom stereocenters. The largest absolute Gasteiger partial charge is 0.243 e. The second kappa shape index (κ2) is 5.49. The minimum Gasteiger partial charge on any atom is -0.207 e. The van der Waals surface area contributed by atoms with E-state index in [0.717, 1.165) is 24.8 Å². The molecular formula is C16H25NO2S. The van der Waals surface area contributed by atoms with Gasteiger partial charge < -0.3 is 0 Å². The average molecular weight is 295 g/mol. The Morgan fingerprint density at radius 2 is 1.70 bits per heavy atom. The highest BCUT2D eigenvalue weighted by Crippen LogP contribution is 2.27. The zero-order valence-electron chi connectivity index (χ0n) is 12.9. The maximum atomic E-state index is 12.7. The van der Waals surface area contributed by atoms with E-state index in [1.807, 2.05) is 19.1 Å². The minimum absolute atomic E-state index is 0.0424. The molecule has 1 saturated heterocycles. The van der Waals surface area contributed by atoms with E-state index in [1.165, 1.54) is 0 Å². The fourth-order valence-corrected chi connectivity index (χ4v) is 4.39. The number of hydrogen-bond donors (Lipinski definition) is 0. The summed E-state index contributed by atoms with van der Waals surface area (Å²) in [5.74, 6) is 0. The van der Waals surface area contributed by atoms with Crippen LogP contribution in [0.2, 0.25) is 0 Å². The van der Waals surface area contributed by atoms with Gasteiger partial charge in [-0.2, -0.15) is 4.31 Å². The van der Waals surface area contributed by atoms with E-state index in [4.69, 9.17) is 0 Å². The number of rotatable bonds is 2. The summed E-state index contributed by atoms with van der Waals surface area (Å²) in [6, 6.07) is 7.47. The predicted octanol–water partition coefficient (Wildman–Crippen LogP) is 3.55. The van der Waals surface area contributed by atoms with Gasteiger partial charge in [-0.3, -0.25) is 0 Å². The third-order valence-electron chi connectivity index (χ3n) is 4.07. The lowest BCUT2D eigenvalue weighted by Gasteiger charge is -2.32. The van der Waals surface area contributed by atoms with Crippen LogP contribution >= 0.6 is 0 Å². The van der Waals surface area contributed by atoms with Crippen LogP contribution < -0.4 is 0 Å². The number of benzene rings is 1. The molecule has 1 aliphatic heterocycles. The summed E-state index contributed by atoms with van der Waals surface area (Å²) in [7, 11) is -3.34. The van der Waals surface area contributed by atoms with Gasteiger partial charge in [-0.15, -0.1) is 0 Å². The lowest BCUT2D eigenvalue weighted by Crippen LogP contribution is -2.41. The van der Waals surface area contributed by atoms with E-state index in [0.29, 0.717) is 11.4 Å². The van der Waals surface area contributed by atoms with Crippen LogP contribution in [0.1, 0.15) is 52.5 Å². The molecule has 20 heavy (non-hydrogen) atoms. The lowest BCUT2D eigenvalue weighted by atomic mass is 9.87. The summed E-state index contributed by atoms with van der Waals surface area (Å²) < 4.78 is 27.0. The van der Waals surface area contributed by atoms with Crippen LogP contribution in [0.4, 0.5) is 0 Å². The summed E-state index contributed by atoms with van der Waals surface area (Å²) in [4.78, 5) is 0.416. The molecule has 0 radical (unpaired) electrons. The number of hydrogen-bond acceptors (Lipinski definition) is 2. The highest BCUT2D eigenvalue weighted by molar-refractivity contribution is 7.89. The monoisotopic (exact) mass is 295 g/mol. The number of piperidine rings is 1. The van der Waals surface area contributed by atoms with Gasteiger partial charge in [0, 0.05) is 12.6 Å². The molecule has 112 valence electrons. The second-order valence-electron chi connectivity index (χ2n) is 6.73. The molecule has 0 N–H and O–H groups in total. The van der Waals surface area contributed by atoms with Crippen molar-refractivity contribution < 1.29 is 8.42 Å². The first-order valence-corrected chi connectivity index (χ1v) is 8.79. The van der Waals surface area contributed by atoms with E-state index in [1.54, 1.807) is 16.4 Å². The van der Waals surface area contributed by atoms with Crippen LogP contribution in [-0.2, 0) is 15.4 Å². The zero-order chi connectivity index (χ0) is 15.0. The normalized spacial score (nSPS) is 21.9. The SMILES string of the molecule is C[C@H]1CCCCN1S(=O)(=O)c1ccc(C(C)(C)C)cc1. The Morgan fingerprint density at radius 3 is 2.20 bits per heavy atom. The summed E-state index contributed by atoms with van der Waals surface area (Å²) in [5.41, 5.74) is 1.20. The average Bonchev–Trinajstić information content (AvgIpc) is 2.38. The molecule has 0 amide bonds. The molecule has 0 aliphatic carbocycles. The van der Waals surface area contributed by atoms with E-state index in [-0.39, 0.29) is 11.5 Å². The molecule has 3 nitrogen and oxygen atoms in total. The van der Waals surface area contributed by atoms with Gasteiger partial charge in [0.1, 0.15) is 0 Å². The zero-order valence-corrected chi connectivity index (χ0v) is 13.7. The van der Waals surface area contributed by atoms with Crippen molar-refractivity contribution in [2.45, 2.75) is 63.3 Å². The van der Waals surface area contributed by atoms with Gasteiger partial charge in [-0.05, 0) is 42.9 Å². The summed E-state index contributed by atoms with van der Waals surface area (Å²) in [6.07, 6.45) is 3.04. The van der Waals surface area contributed by atoms with Crippen molar-refractivity contribution in [1.82, 2.24) is 4.31 Å². The van der Waals surface area contributed by atoms with Gasteiger partial charge in [0.2, 0.25) is 10.0 Å². The van der Waals surface area contributed by atoms with Crippen LogP contribution in [0.5, 0.6) is 0 Å². The molecule has 1 aromatic carbocycles. The maximum absolute atomic E-state index is 12.7. The quantitative estimate of drug-likeness (QED) is 0.837. The Balaban J connectivity index is 2.30. The third kappa shape index (κ3) is 3.07. The standard InChI is InChI=1S/C16H25NO2S/c1-13-7-5-6-12-17(13)20(18,19)15-10-8-14(9-11-15)16(2,3)4/h8-11,13H,5-7,12H2,1-4H3/t13-/m0/s1. The van der Waals surface area contributed by atoms with Crippen LogP contribution in [0, 0.1) is 0 Å². The highest BCUT2D eigenvalue weighted by atomic mass is 32.2. The third-order valence-corrected chi connectivity index (χ3v) is 6.10. The molecule has 2 rings (SSSR count). The van der Waals surface area contributed by atoms with Crippen molar-refractivity contribution in [3.63, 3.8) is 0 Å². The van der Waals surface area contributed by atoms with Crippen LogP contribution in [-0.4, -0.2) is 25.3 Å². The van der Waals surface area contributed by atoms with E-state index in [2.05, 4.69) is 20.8 Å². The molecule has 1 atom stereocenters. The van der Waals surface area contributed by atoms with E-state index < -0.39 is 10.0 Å². The minimum atomic E-state index is -3.34. The second-order valence-corrected chi connectivity index (χ2v) is 8.63. The molecule has 1 aromatic rings. The summed E-state index contributed by atoms with van der Waals surface area (Å²) >= 11 is 0. The van der Waals surface area contributed by atoms with Crippen molar-refractivity contribution >= 4 is 10.0 Å². The number of sulfonamides is 1.